The Morgan fingerprint density at radius 1 is 0.582 bits per heavy atom. The Morgan fingerprint density at radius 3 is 1.16 bits per heavy atom. The SMILES string of the molecule is CC(C)[C@@H](C)CO.CC1C(=O)COC[C@@H]1C.CC[C@@H](C)N.CC[C@H](C)[C@H](C)C(=O)C=[N+]=[N-].CC[C@H](C)[C@H](C)C(=O)N(C)C.CC[C@H](C)[C@H](C)C(=O)NC(C)=O.CC[C@H](C)[C@H](C)C(=O)O.CC[C@H](C)[C@H](C)C=O.C[C@@H]1C(=O)OC[C@@H]1C.C[C@H](C(=O)N(C)C)[C@@H](C)CO. The normalized spacial score (nSPS) is 19.7. The number of carbonyl (C=O) groups is 9. The molecule has 2 aliphatic heterocycles. The highest BCUT2D eigenvalue weighted by Gasteiger charge is 2.29. The molecule has 1 unspecified atom stereocenters. The summed E-state index contributed by atoms with van der Waals surface area (Å²) in [7, 11) is 7.06. The molecule has 540 valence electrons. The molecule has 20 heteroatoms. The summed E-state index contributed by atoms with van der Waals surface area (Å²) >= 11 is 0. The lowest BCUT2D eigenvalue weighted by molar-refractivity contribution is -0.143. The lowest BCUT2D eigenvalue weighted by Gasteiger charge is -2.23. The number of cyclic esters (lactones) is 1. The number of esters is 1. The molecule has 2 heterocycles. The third-order valence-corrected chi connectivity index (χ3v) is 18.1. The van der Waals surface area contributed by atoms with Gasteiger partial charge in [0, 0.05) is 95.8 Å². The van der Waals surface area contributed by atoms with Crippen LogP contribution in [0.25, 0.3) is 5.53 Å². The summed E-state index contributed by atoms with van der Waals surface area (Å²) in [5.74, 6) is 3.52. The Morgan fingerprint density at radius 2 is 0.945 bits per heavy atom. The van der Waals surface area contributed by atoms with Gasteiger partial charge in [0.25, 0.3) is 0 Å². The lowest BCUT2D eigenvalue weighted by Crippen LogP contribution is -2.35. The maximum Gasteiger partial charge on any atom is 0.323 e. The average Bonchev–Trinajstić information content (AvgIpc) is 4.01. The fraction of sp³-hybridized carbons (Fsp3) is 0.859. The Balaban J connectivity index is -0.000000141. The average molecular weight is 1300 g/mol. The standard InChI is InChI=1S/C9H17NO2.C9H19NO.C8H14N2O.C8H17NO2.C7H12O2.C7H14O2.C7H14O.C6H10O2.C6H14O.C4H11N/c1-5-6(2)7(3)9(12)10-8(4)11;1-6-7(2)8(3)9(11)10(4)5;1-4-6(2)7(3)8(11)5-10-9;1-6(5-10)7(2)8(11)9(3)4;1-5-3-9-4-7(8)6(5)2;1-4-5(2)6(3)7(8)9;1-4-6(2)7(3)5-8;1-4-3-8-6(7)5(4)2;1-5(2)6(3)4-7;1-3-4(2)5/h6-7H,5H2,1-4H3,(H,10,11,12);7-8H,6H2,1-5H3;5-7H,4H2,1-3H3;6-7,10H,5H2,1-4H3;5-6H,3-4H2,1-2H3;5-6H,4H2,1-3H3,(H,8,9);5-7H,4H2,1-3H3;4-5H,3H2,1-2H3;5-7H,4H2,1-3H3;4H,3,5H2,1-2H3/t6-,7-;7-,8-;2*6-,7-;5-,6?;5-,6-;6-,7+;4-,5-;6-;4-/m0000000001/s1. The van der Waals surface area contributed by atoms with E-state index in [9.17, 15) is 43.2 Å². The number of aldehydes is 1. The summed E-state index contributed by atoms with van der Waals surface area (Å²) in [6.45, 7) is 55.3. The minimum atomic E-state index is -0.690. The van der Waals surface area contributed by atoms with E-state index in [1.807, 2.05) is 125 Å². The second-order valence-electron chi connectivity index (χ2n) is 26.5. The van der Waals surface area contributed by atoms with E-state index in [4.69, 9.17) is 36.1 Å². The zero-order valence-electron chi connectivity index (χ0n) is 63.6. The highest BCUT2D eigenvalue weighted by atomic mass is 16.5. The molecule has 2 aliphatic rings. The molecular weight excluding hydrogens is 1160 g/mol. The van der Waals surface area contributed by atoms with E-state index in [1.54, 1.807) is 44.9 Å². The van der Waals surface area contributed by atoms with Crippen LogP contribution in [-0.2, 0) is 52.6 Å². The molecule has 2 fully saturated rings. The van der Waals surface area contributed by atoms with E-state index in [0.717, 1.165) is 57.6 Å². The van der Waals surface area contributed by atoms with Crippen molar-refractivity contribution in [1.29, 1.82) is 0 Å². The maximum atomic E-state index is 11.4. The predicted octanol–water partition coefficient (Wildman–Crippen LogP) is 12.3. The van der Waals surface area contributed by atoms with Gasteiger partial charge in [-0.25, -0.2) is 0 Å². The van der Waals surface area contributed by atoms with Gasteiger partial charge in [-0.1, -0.05) is 205 Å². The van der Waals surface area contributed by atoms with Crippen LogP contribution in [0, 0.1) is 107 Å². The number of ether oxygens (including phenoxy) is 2. The molecule has 18 atom stereocenters. The largest absolute Gasteiger partial charge is 0.481 e. The van der Waals surface area contributed by atoms with Crippen molar-refractivity contribution in [3.63, 3.8) is 0 Å². The number of aliphatic carboxylic acids is 1. The maximum absolute atomic E-state index is 11.4. The number of nitrogens with two attached hydrogens (primary N) is 1. The van der Waals surface area contributed by atoms with Crippen molar-refractivity contribution < 1.29 is 72.7 Å². The molecule has 0 aromatic carbocycles. The van der Waals surface area contributed by atoms with Crippen molar-refractivity contribution in [3.05, 3.63) is 5.53 Å². The number of rotatable bonds is 22. The Kier molecular flexibility index (Phi) is 69.1. The van der Waals surface area contributed by atoms with Crippen molar-refractivity contribution >= 4 is 59.6 Å². The van der Waals surface area contributed by atoms with Gasteiger partial charge in [0.1, 0.15) is 12.9 Å². The molecule has 2 saturated heterocycles. The van der Waals surface area contributed by atoms with E-state index in [1.165, 1.54) is 6.92 Å². The quantitative estimate of drug-likeness (QED) is 0.0221. The molecule has 0 aromatic heterocycles. The van der Waals surface area contributed by atoms with Crippen LogP contribution in [0.5, 0.6) is 0 Å². The number of carbonyl (C=O) groups excluding carboxylic acids is 8. The predicted molar refractivity (Wildman–Crippen MR) is 372 cm³/mol. The monoisotopic (exact) mass is 1300 g/mol. The summed E-state index contributed by atoms with van der Waals surface area (Å²) in [5.41, 5.74) is 13.4. The molecule has 4 amide bonds. The van der Waals surface area contributed by atoms with Gasteiger partial charge in [0.15, 0.2) is 5.78 Å². The van der Waals surface area contributed by atoms with E-state index in [2.05, 4.69) is 58.6 Å². The minimum absolute atomic E-state index is 0.0440. The molecule has 0 aliphatic carbocycles. The highest BCUT2D eigenvalue weighted by Crippen LogP contribution is 2.21. The van der Waals surface area contributed by atoms with Crippen molar-refractivity contribution in [3.8, 4) is 0 Å². The molecule has 0 aromatic rings. The summed E-state index contributed by atoms with van der Waals surface area (Å²) < 4.78 is 9.75. The Hall–Kier alpha value is -4.75. The zero-order valence-corrected chi connectivity index (χ0v) is 63.6. The summed E-state index contributed by atoms with van der Waals surface area (Å²) in [6, 6.07) is 0.384. The number of hydrogen-bond acceptors (Lipinski definition) is 14. The van der Waals surface area contributed by atoms with Crippen LogP contribution in [-0.4, -0.2) is 157 Å². The summed E-state index contributed by atoms with van der Waals surface area (Å²) in [4.78, 5) is 103. The molecule has 0 bridgehead atoms. The number of aliphatic hydroxyl groups is 2. The van der Waals surface area contributed by atoms with E-state index >= 15 is 0 Å². The highest BCUT2D eigenvalue weighted by molar-refractivity contribution is 6.26. The summed E-state index contributed by atoms with van der Waals surface area (Å²) in [5, 5.41) is 28.0. The Bertz CT molecular complexity index is 1930. The number of imide groups is 1. The number of aliphatic hydroxyl groups excluding tert-OH is 2. The number of Topliss-reactive ketones (excluding diaryl/α,β-unsaturated/α-hetero) is 2. The van der Waals surface area contributed by atoms with Gasteiger partial charge in [0.05, 0.1) is 25.0 Å². The second-order valence-corrected chi connectivity index (χ2v) is 26.5. The van der Waals surface area contributed by atoms with Crippen molar-refractivity contribution in [1.82, 2.24) is 15.1 Å². The van der Waals surface area contributed by atoms with Gasteiger partial charge < -0.3 is 50.7 Å². The van der Waals surface area contributed by atoms with Crippen molar-refractivity contribution in [2.24, 2.45) is 112 Å². The first-order valence-corrected chi connectivity index (χ1v) is 33.7. The zero-order chi connectivity index (χ0) is 73.8. The topological polar surface area (TPSA) is 314 Å². The van der Waals surface area contributed by atoms with Crippen molar-refractivity contribution in [2.45, 2.75) is 232 Å². The van der Waals surface area contributed by atoms with Crippen LogP contribution in [0.15, 0.2) is 0 Å². The molecule has 0 radical (unpaired) electrons. The number of carboxylic acids is 1. The molecule has 0 saturated carbocycles. The minimum Gasteiger partial charge on any atom is -0.481 e. The van der Waals surface area contributed by atoms with Crippen molar-refractivity contribution in [2.75, 3.05) is 61.2 Å². The first kappa shape index (κ1) is 102. The molecule has 2 rings (SSSR count). The lowest BCUT2D eigenvalue weighted by atomic mass is 9.90. The number of nitrogens with zero attached hydrogens (tertiary/aromatic N) is 4. The number of carboxylic acid groups (broad SMARTS) is 1. The third-order valence-electron chi connectivity index (χ3n) is 18.1. The fourth-order valence-corrected chi connectivity index (χ4v) is 6.49. The molecular formula is C71H142N6O14. The van der Waals surface area contributed by atoms with Gasteiger partial charge in [0.2, 0.25) is 29.4 Å². The van der Waals surface area contributed by atoms with Gasteiger partial charge in [-0.2, -0.15) is 4.79 Å². The first-order chi connectivity index (χ1) is 41.8. The number of nitrogens with one attached hydrogen (secondary N) is 1. The molecule has 6 N–H and O–H groups in total. The number of hydrogen-bond donors (Lipinski definition) is 5. The van der Waals surface area contributed by atoms with Crippen LogP contribution < -0.4 is 11.1 Å². The van der Waals surface area contributed by atoms with Crippen LogP contribution in [0.2, 0.25) is 0 Å². The smallest absolute Gasteiger partial charge is 0.323 e. The van der Waals surface area contributed by atoms with E-state index in [-0.39, 0.29) is 101 Å². The Labute approximate surface area is 555 Å². The molecule has 20 nitrogen and oxygen atoms in total. The fourth-order valence-electron chi connectivity index (χ4n) is 6.49. The second kappa shape index (κ2) is 61.4. The van der Waals surface area contributed by atoms with Gasteiger partial charge in [-0.3, -0.25) is 43.7 Å². The van der Waals surface area contributed by atoms with E-state index < -0.39 is 5.97 Å². The summed E-state index contributed by atoms with van der Waals surface area (Å²) in [6.07, 6.45) is 8.10. The first-order valence-electron chi connectivity index (χ1n) is 33.7. The van der Waals surface area contributed by atoms with Crippen LogP contribution in [0.1, 0.15) is 225 Å². The van der Waals surface area contributed by atoms with Crippen LogP contribution >= 0.6 is 0 Å². The van der Waals surface area contributed by atoms with Gasteiger partial charge in [-0.05, 0) is 66.6 Å². The number of ketones is 2. The van der Waals surface area contributed by atoms with Crippen LogP contribution in [0.3, 0.4) is 0 Å². The van der Waals surface area contributed by atoms with E-state index in [0.29, 0.717) is 79.1 Å². The molecule has 91 heavy (non-hydrogen) atoms. The molecule has 0 spiro atoms. The van der Waals surface area contributed by atoms with Gasteiger partial charge in [-0.15, -0.1) is 0 Å². The number of amides is 4. The third kappa shape index (κ3) is 55.4. The van der Waals surface area contributed by atoms with Gasteiger partial charge >= 0.3 is 18.2 Å². The van der Waals surface area contributed by atoms with Crippen LogP contribution in [0.4, 0.5) is 0 Å².